The zero-order valence-electron chi connectivity index (χ0n) is 14.3. The number of benzene rings is 1. The van der Waals surface area contributed by atoms with Gasteiger partial charge >= 0.3 is 0 Å². The SMILES string of the molecule is COc1ccc(N=CC=C2OC(C)(C)C(C)(C)O2)cc1OC.[Cl-]. The first-order chi connectivity index (χ1) is 10.3. The van der Waals surface area contributed by atoms with Gasteiger partial charge in [0.2, 0.25) is 0 Å². The summed E-state index contributed by atoms with van der Waals surface area (Å²) in [5.41, 5.74) is -0.00235. The molecule has 0 aliphatic carbocycles. The molecular weight excluding hydrogens is 318 g/mol. The van der Waals surface area contributed by atoms with Gasteiger partial charge in [-0.25, -0.2) is 0 Å². The molecule has 128 valence electrons. The topological polar surface area (TPSA) is 49.3 Å². The van der Waals surface area contributed by atoms with Crippen LogP contribution < -0.4 is 21.9 Å². The highest BCUT2D eigenvalue weighted by molar-refractivity contribution is 5.75. The molecule has 5 nitrogen and oxygen atoms in total. The molecule has 2 rings (SSSR count). The number of nitrogens with zero attached hydrogens (tertiary/aromatic N) is 1. The van der Waals surface area contributed by atoms with Gasteiger partial charge in [0.15, 0.2) is 11.5 Å². The van der Waals surface area contributed by atoms with Gasteiger partial charge in [0.05, 0.1) is 19.9 Å². The van der Waals surface area contributed by atoms with Crippen LogP contribution in [-0.2, 0) is 9.47 Å². The molecular formula is C17H23ClNO4-. The van der Waals surface area contributed by atoms with Crippen LogP contribution in [0.1, 0.15) is 27.7 Å². The highest BCUT2D eigenvalue weighted by Crippen LogP contribution is 2.39. The van der Waals surface area contributed by atoms with Crippen LogP contribution in [-0.4, -0.2) is 31.6 Å². The normalized spacial score (nSPS) is 17.9. The Morgan fingerprint density at radius 1 is 0.957 bits per heavy atom. The Labute approximate surface area is 143 Å². The van der Waals surface area contributed by atoms with Crippen LogP contribution in [0.3, 0.4) is 0 Å². The molecule has 0 bridgehead atoms. The first-order valence-electron chi connectivity index (χ1n) is 7.13. The molecule has 0 unspecified atom stereocenters. The average molecular weight is 341 g/mol. The quantitative estimate of drug-likeness (QED) is 0.763. The fourth-order valence-electron chi connectivity index (χ4n) is 1.93. The Bertz CT molecular complexity index is 591. The smallest absolute Gasteiger partial charge is 0.282 e. The molecule has 1 aliphatic rings. The van der Waals surface area contributed by atoms with Crippen LogP contribution in [0.25, 0.3) is 0 Å². The molecule has 0 spiro atoms. The van der Waals surface area contributed by atoms with E-state index in [1.54, 1.807) is 32.6 Å². The second-order valence-electron chi connectivity index (χ2n) is 6.03. The molecule has 1 heterocycles. The van der Waals surface area contributed by atoms with Crippen molar-refractivity contribution >= 4 is 11.9 Å². The predicted octanol–water partition coefficient (Wildman–Crippen LogP) is 0.855. The van der Waals surface area contributed by atoms with Crippen molar-refractivity contribution in [3.63, 3.8) is 0 Å². The molecule has 1 saturated heterocycles. The molecule has 0 N–H and O–H groups in total. The fraction of sp³-hybridized carbons (Fsp3) is 0.471. The molecule has 0 amide bonds. The van der Waals surface area contributed by atoms with Crippen LogP contribution >= 0.6 is 0 Å². The van der Waals surface area contributed by atoms with E-state index in [4.69, 9.17) is 18.9 Å². The van der Waals surface area contributed by atoms with Crippen molar-refractivity contribution < 1.29 is 31.4 Å². The number of halogens is 1. The zero-order valence-corrected chi connectivity index (χ0v) is 15.1. The number of aliphatic imine (C=N–C) groups is 1. The largest absolute Gasteiger partial charge is 1.00 e. The first-order valence-corrected chi connectivity index (χ1v) is 7.13. The molecule has 1 aromatic carbocycles. The molecule has 0 aromatic heterocycles. The lowest BCUT2D eigenvalue weighted by molar-refractivity contribution is -0.0000113. The van der Waals surface area contributed by atoms with E-state index in [0.29, 0.717) is 17.4 Å². The Balaban J connectivity index is 0.00000264. The van der Waals surface area contributed by atoms with Crippen LogP contribution in [0.4, 0.5) is 5.69 Å². The van der Waals surface area contributed by atoms with Gasteiger partial charge < -0.3 is 31.4 Å². The molecule has 0 atom stereocenters. The van der Waals surface area contributed by atoms with Crippen molar-refractivity contribution in [2.45, 2.75) is 38.9 Å². The minimum absolute atomic E-state index is 0. The summed E-state index contributed by atoms with van der Waals surface area (Å²) < 4.78 is 22.0. The minimum Gasteiger partial charge on any atom is -1.00 e. The van der Waals surface area contributed by atoms with Crippen LogP contribution in [0, 0.1) is 0 Å². The van der Waals surface area contributed by atoms with Gasteiger partial charge in [-0.3, -0.25) is 4.99 Å². The third-order valence-corrected chi connectivity index (χ3v) is 3.96. The maximum atomic E-state index is 5.79. The predicted molar refractivity (Wildman–Crippen MR) is 86.1 cm³/mol. The lowest BCUT2D eigenvalue weighted by atomic mass is 9.90. The van der Waals surface area contributed by atoms with Crippen molar-refractivity contribution in [1.29, 1.82) is 0 Å². The van der Waals surface area contributed by atoms with E-state index in [2.05, 4.69) is 4.99 Å². The van der Waals surface area contributed by atoms with E-state index in [1.165, 1.54) is 0 Å². The second-order valence-corrected chi connectivity index (χ2v) is 6.03. The second kappa shape index (κ2) is 7.13. The molecule has 1 fully saturated rings. The summed E-state index contributed by atoms with van der Waals surface area (Å²) in [6.45, 7) is 8.00. The summed E-state index contributed by atoms with van der Waals surface area (Å²) in [5, 5.41) is 0. The van der Waals surface area contributed by atoms with Gasteiger partial charge in [-0.15, -0.1) is 0 Å². The molecule has 0 saturated carbocycles. The van der Waals surface area contributed by atoms with Crippen LogP contribution in [0.5, 0.6) is 11.5 Å². The van der Waals surface area contributed by atoms with Crippen molar-refractivity contribution in [1.82, 2.24) is 0 Å². The average Bonchev–Trinajstić information content (AvgIpc) is 2.66. The number of hydrogen-bond acceptors (Lipinski definition) is 5. The van der Waals surface area contributed by atoms with Crippen molar-refractivity contribution in [2.24, 2.45) is 4.99 Å². The van der Waals surface area contributed by atoms with E-state index in [1.807, 2.05) is 39.8 Å². The van der Waals surface area contributed by atoms with Crippen molar-refractivity contribution in [2.75, 3.05) is 14.2 Å². The lowest BCUT2D eigenvalue weighted by Gasteiger charge is -2.28. The Kier molecular flexibility index (Phi) is 5.94. The third-order valence-electron chi connectivity index (χ3n) is 3.96. The Morgan fingerprint density at radius 3 is 2.04 bits per heavy atom. The van der Waals surface area contributed by atoms with Crippen LogP contribution in [0.15, 0.2) is 35.2 Å². The van der Waals surface area contributed by atoms with Gasteiger partial charge in [-0.2, -0.15) is 0 Å². The molecule has 0 radical (unpaired) electrons. The standard InChI is InChI=1S/C17H23NO4.ClH/c1-16(2)17(3,4)22-15(21-16)9-10-18-12-7-8-13(19-5)14(11-12)20-6;/h7-11H,1-6H3;1H/p-1. The molecule has 1 aliphatic heterocycles. The van der Waals surface area contributed by atoms with Gasteiger partial charge in [0.25, 0.3) is 5.95 Å². The van der Waals surface area contributed by atoms with Gasteiger partial charge in [0.1, 0.15) is 11.2 Å². The third kappa shape index (κ3) is 4.10. The van der Waals surface area contributed by atoms with E-state index in [9.17, 15) is 0 Å². The van der Waals surface area contributed by atoms with Crippen LogP contribution in [0.2, 0.25) is 0 Å². The number of hydrogen-bond donors (Lipinski definition) is 0. The molecule has 6 heteroatoms. The monoisotopic (exact) mass is 340 g/mol. The fourth-order valence-corrected chi connectivity index (χ4v) is 1.93. The van der Waals surface area contributed by atoms with Crippen molar-refractivity contribution in [3.8, 4) is 11.5 Å². The number of ether oxygens (including phenoxy) is 4. The summed E-state index contributed by atoms with van der Waals surface area (Å²) in [6.07, 6.45) is 3.36. The van der Waals surface area contributed by atoms with E-state index < -0.39 is 0 Å². The number of rotatable bonds is 4. The summed E-state index contributed by atoms with van der Waals surface area (Å²) in [4.78, 5) is 4.35. The first kappa shape index (κ1) is 19.2. The summed E-state index contributed by atoms with van der Waals surface area (Å²) in [7, 11) is 3.20. The molecule has 1 aromatic rings. The van der Waals surface area contributed by atoms with E-state index in [-0.39, 0.29) is 23.6 Å². The van der Waals surface area contributed by atoms with E-state index >= 15 is 0 Å². The Morgan fingerprint density at radius 2 is 1.52 bits per heavy atom. The Hall–Kier alpha value is -1.88. The highest BCUT2D eigenvalue weighted by Gasteiger charge is 2.48. The maximum Gasteiger partial charge on any atom is 0.282 e. The van der Waals surface area contributed by atoms with Gasteiger partial charge in [0, 0.05) is 18.4 Å². The highest BCUT2D eigenvalue weighted by atomic mass is 35.5. The summed E-state index contributed by atoms with van der Waals surface area (Å²) in [6, 6.07) is 5.46. The zero-order chi connectivity index (χ0) is 16.4. The van der Waals surface area contributed by atoms with Gasteiger partial charge in [-0.1, -0.05) is 0 Å². The maximum absolute atomic E-state index is 5.79. The molecule has 23 heavy (non-hydrogen) atoms. The number of methoxy groups -OCH3 is 2. The number of allylic oxidation sites excluding steroid dienone is 1. The lowest BCUT2D eigenvalue weighted by Crippen LogP contribution is -3.00. The van der Waals surface area contributed by atoms with E-state index in [0.717, 1.165) is 5.69 Å². The summed E-state index contributed by atoms with van der Waals surface area (Å²) >= 11 is 0. The summed E-state index contributed by atoms with van der Waals surface area (Å²) in [5.74, 6) is 1.78. The van der Waals surface area contributed by atoms with Crippen molar-refractivity contribution in [3.05, 3.63) is 30.2 Å². The van der Waals surface area contributed by atoms with Gasteiger partial charge in [-0.05, 0) is 39.8 Å². The minimum atomic E-state index is -0.379.